The molecule has 1 N–H and O–H groups in total. The molecule has 0 aromatic rings. The van der Waals surface area contributed by atoms with Gasteiger partial charge in [0.05, 0.1) is 7.11 Å². The van der Waals surface area contributed by atoms with Crippen molar-refractivity contribution < 1.29 is 42.9 Å². The highest BCUT2D eigenvalue weighted by Crippen LogP contribution is 2.57. The number of rotatable bonds is 3. The van der Waals surface area contributed by atoms with Gasteiger partial charge in [0.2, 0.25) is 11.2 Å². The quantitative estimate of drug-likeness (QED) is 0.587. The van der Waals surface area contributed by atoms with Crippen LogP contribution in [0.2, 0.25) is 0 Å². The normalized spacial score (nSPS) is 25.1. The number of amides is 2. The van der Waals surface area contributed by atoms with Crippen LogP contribution < -0.4 is 0 Å². The van der Waals surface area contributed by atoms with E-state index in [2.05, 4.69) is 4.74 Å². The number of carbonyl (C=O) groups excluding carboxylic acids is 3. The fourth-order valence-corrected chi connectivity index (χ4v) is 2.31. The number of carboxylic acids is 1. The maximum atomic E-state index is 14.9. The molecule has 9 nitrogen and oxygen atoms in total. The molecule has 0 aliphatic heterocycles. The fourth-order valence-electron chi connectivity index (χ4n) is 2.31. The van der Waals surface area contributed by atoms with Crippen LogP contribution in [-0.4, -0.2) is 63.7 Å². The lowest BCUT2D eigenvalue weighted by Gasteiger charge is -2.32. The summed E-state index contributed by atoms with van der Waals surface area (Å²) in [6.45, 7) is 8.89. The lowest BCUT2D eigenvalue weighted by atomic mass is 10.1. The maximum absolute atomic E-state index is 14.9. The largest absolute Gasteiger partial charge is 0.479 e. The minimum Gasteiger partial charge on any atom is -0.479 e. The van der Waals surface area contributed by atoms with Crippen LogP contribution in [0.3, 0.4) is 0 Å². The third-order valence-corrected chi connectivity index (χ3v) is 3.43. The Morgan fingerprint density at radius 2 is 1.35 bits per heavy atom. The number of carboxylic acid groups (broad SMARTS) is 1. The van der Waals surface area contributed by atoms with Gasteiger partial charge in [-0.1, -0.05) is 0 Å². The Morgan fingerprint density at radius 1 is 0.962 bits per heavy atom. The van der Waals surface area contributed by atoms with Crippen molar-refractivity contribution in [3.63, 3.8) is 0 Å². The van der Waals surface area contributed by atoms with Gasteiger partial charge in [-0.2, -0.15) is 4.90 Å². The van der Waals surface area contributed by atoms with Crippen LogP contribution in [-0.2, 0) is 23.8 Å². The zero-order chi connectivity index (χ0) is 20.7. The summed E-state index contributed by atoms with van der Waals surface area (Å²) in [5.41, 5.74) is -8.14. The van der Waals surface area contributed by atoms with E-state index in [0.717, 1.165) is 7.11 Å². The van der Waals surface area contributed by atoms with Crippen LogP contribution in [0.25, 0.3) is 0 Å². The standard InChI is InChI=1S/C16H24FNO8/c1-13(2,3)25-11(22)18(12(23)26-14(4,5)6)16(10(21)24-7)8-15(16,17)9(19)20/h8H2,1-7H3,(H,19,20)/t15-,16-/m1/s1. The first-order chi connectivity index (χ1) is 11.5. The van der Waals surface area contributed by atoms with Crippen molar-refractivity contribution in [1.82, 2.24) is 4.90 Å². The van der Waals surface area contributed by atoms with Crippen LogP contribution in [0.1, 0.15) is 48.0 Å². The molecular weight excluding hydrogens is 353 g/mol. The zero-order valence-corrected chi connectivity index (χ0v) is 15.8. The lowest BCUT2D eigenvalue weighted by molar-refractivity contribution is -0.157. The number of imide groups is 1. The molecule has 1 rings (SSSR count). The molecule has 0 heterocycles. The second-order valence-electron chi connectivity index (χ2n) is 7.93. The average molecular weight is 377 g/mol. The first kappa shape index (κ1) is 21.7. The predicted molar refractivity (Wildman–Crippen MR) is 85.1 cm³/mol. The van der Waals surface area contributed by atoms with Crippen molar-refractivity contribution >= 4 is 24.1 Å². The van der Waals surface area contributed by atoms with E-state index in [1.54, 1.807) is 0 Å². The molecule has 0 aromatic heterocycles. The number of hydrogen-bond donors (Lipinski definition) is 1. The van der Waals surface area contributed by atoms with E-state index in [0.29, 0.717) is 0 Å². The van der Waals surface area contributed by atoms with Gasteiger partial charge < -0.3 is 19.3 Å². The van der Waals surface area contributed by atoms with E-state index >= 15 is 0 Å². The van der Waals surface area contributed by atoms with Crippen molar-refractivity contribution in [2.24, 2.45) is 0 Å². The molecule has 1 aliphatic carbocycles. The highest BCUT2D eigenvalue weighted by Gasteiger charge is 2.85. The Balaban J connectivity index is 3.47. The molecule has 26 heavy (non-hydrogen) atoms. The van der Waals surface area contributed by atoms with Crippen molar-refractivity contribution in [3.8, 4) is 0 Å². The summed E-state index contributed by atoms with van der Waals surface area (Å²) in [6, 6.07) is 0. The molecule has 0 spiro atoms. The first-order valence-corrected chi connectivity index (χ1v) is 7.79. The lowest BCUT2D eigenvalue weighted by Crippen LogP contribution is -2.58. The van der Waals surface area contributed by atoms with Gasteiger partial charge in [-0.3, -0.25) is 0 Å². The van der Waals surface area contributed by atoms with E-state index in [1.807, 2.05) is 0 Å². The van der Waals surface area contributed by atoms with Gasteiger partial charge in [-0.25, -0.2) is 23.6 Å². The summed E-state index contributed by atoms with van der Waals surface area (Å²) in [5.74, 6) is -3.42. The van der Waals surface area contributed by atoms with Crippen LogP contribution in [0.15, 0.2) is 0 Å². The zero-order valence-electron chi connectivity index (χ0n) is 15.8. The number of methoxy groups -OCH3 is 1. The molecule has 148 valence electrons. The number of halogens is 1. The first-order valence-electron chi connectivity index (χ1n) is 7.79. The van der Waals surface area contributed by atoms with Crippen molar-refractivity contribution in [2.45, 2.75) is 70.4 Å². The van der Waals surface area contributed by atoms with Gasteiger partial charge in [0.1, 0.15) is 11.2 Å². The Morgan fingerprint density at radius 3 is 1.58 bits per heavy atom. The summed E-state index contributed by atoms with van der Waals surface area (Å²) < 4.78 is 29.4. The van der Waals surface area contributed by atoms with Gasteiger partial charge >= 0.3 is 24.1 Å². The average Bonchev–Trinajstić information content (AvgIpc) is 3.02. The van der Waals surface area contributed by atoms with Crippen LogP contribution >= 0.6 is 0 Å². The molecule has 0 bridgehead atoms. The Bertz CT molecular complexity index is 607. The Kier molecular flexibility index (Phi) is 5.33. The van der Waals surface area contributed by atoms with Crippen molar-refractivity contribution in [3.05, 3.63) is 0 Å². The number of alkyl halides is 1. The molecule has 2 amide bonds. The van der Waals surface area contributed by atoms with Crippen LogP contribution in [0, 0.1) is 0 Å². The molecule has 0 radical (unpaired) electrons. The maximum Gasteiger partial charge on any atom is 0.421 e. The molecule has 0 unspecified atom stereocenters. The van der Waals surface area contributed by atoms with Crippen LogP contribution in [0.4, 0.5) is 14.0 Å². The predicted octanol–water partition coefficient (Wildman–Crippen LogP) is 2.27. The number of carbonyl (C=O) groups is 4. The molecule has 0 saturated heterocycles. The monoisotopic (exact) mass is 377 g/mol. The minimum atomic E-state index is -3.21. The van der Waals surface area contributed by atoms with Gasteiger partial charge in [0, 0.05) is 6.42 Å². The number of hydrogen-bond acceptors (Lipinski definition) is 7. The molecule has 2 atom stereocenters. The molecule has 1 aliphatic rings. The SMILES string of the molecule is COC(=O)[C@]1(N(C(=O)OC(C)(C)C)C(=O)OC(C)(C)C)C[C@@]1(F)C(=O)O. The van der Waals surface area contributed by atoms with Gasteiger partial charge in [-0.05, 0) is 41.5 Å². The van der Waals surface area contributed by atoms with E-state index in [4.69, 9.17) is 14.6 Å². The summed E-state index contributed by atoms with van der Waals surface area (Å²) in [6.07, 6.45) is -3.81. The molecule has 1 fully saturated rings. The summed E-state index contributed by atoms with van der Waals surface area (Å²) >= 11 is 0. The molecular formula is C16H24FNO8. The summed E-state index contributed by atoms with van der Waals surface area (Å²) in [7, 11) is 0.882. The van der Waals surface area contributed by atoms with E-state index < -0.39 is 53.0 Å². The van der Waals surface area contributed by atoms with Gasteiger partial charge in [0.25, 0.3) is 0 Å². The summed E-state index contributed by atoms with van der Waals surface area (Å²) in [5, 5.41) is 9.16. The van der Waals surface area contributed by atoms with Crippen LogP contribution in [0.5, 0.6) is 0 Å². The molecule has 0 aromatic carbocycles. The Labute approximate surface area is 150 Å². The van der Waals surface area contributed by atoms with E-state index in [-0.39, 0.29) is 4.90 Å². The Hall–Kier alpha value is -2.39. The van der Waals surface area contributed by atoms with E-state index in [1.165, 1.54) is 41.5 Å². The second kappa shape index (κ2) is 6.40. The number of nitrogens with zero attached hydrogens (tertiary/aromatic N) is 1. The third-order valence-electron chi connectivity index (χ3n) is 3.43. The highest BCUT2D eigenvalue weighted by molar-refractivity contribution is 6.06. The molecule has 1 saturated carbocycles. The minimum absolute atomic E-state index is 0.0590. The van der Waals surface area contributed by atoms with Gasteiger partial charge in [0.15, 0.2) is 0 Å². The number of esters is 1. The summed E-state index contributed by atoms with van der Waals surface area (Å²) in [4.78, 5) is 48.7. The smallest absolute Gasteiger partial charge is 0.421 e. The number of ether oxygens (including phenoxy) is 3. The third kappa shape index (κ3) is 3.88. The second-order valence-corrected chi connectivity index (χ2v) is 7.93. The van der Waals surface area contributed by atoms with Gasteiger partial charge in [-0.15, -0.1) is 0 Å². The fraction of sp³-hybridized carbons (Fsp3) is 0.750. The van der Waals surface area contributed by atoms with E-state index in [9.17, 15) is 23.6 Å². The number of aliphatic carboxylic acids is 1. The van der Waals surface area contributed by atoms with Crippen molar-refractivity contribution in [2.75, 3.05) is 7.11 Å². The molecule has 10 heteroatoms. The topological polar surface area (TPSA) is 119 Å². The highest BCUT2D eigenvalue weighted by atomic mass is 19.1. The van der Waals surface area contributed by atoms with Crippen molar-refractivity contribution in [1.29, 1.82) is 0 Å².